The first-order valence-electron chi connectivity index (χ1n) is 3.73. The Balaban J connectivity index is 3.23. The van der Waals surface area contributed by atoms with Gasteiger partial charge in [0.25, 0.3) is 0 Å². The molecule has 0 radical (unpaired) electrons. The van der Waals surface area contributed by atoms with Crippen LogP contribution in [0.3, 0.4) is 0 Å². The second-order valence-corrected chi connectivity index (χ2v) is 2.91. The Morgan fingerprint density at radius 3 is 2.33 bits per heavy atom. The van der Waals surface area contributed by atoms with Gasteiger partial charge in [0.2, 0.25) is 0 Å². The molecule has 0 aliphatic carbocycles. The molecule has 0 amide bonds. The molecule has 3 heteroatoms. The van der Waals surface area contributed by atoms with Gasteiger partial charge in [-0.3, -0.25) is 0 Å². The van der Waals surface area contributed by atoms with Crippen LogP contribution in [0.1, 0.15) is 24.1 Å². The summed E-state index contributed by atoms with van der Waals surface area (Å²) in [5.41, 5.74) is 5.95. The van der Waals surface area contributed by atoms with Crippen molar-refractivity contribution in [1.82, 2.24) is 0 Å². The minimum Gasteiger partial charge on any atom is -0.324 e. The number of hydrogen-bond acceptors (Lipinski definition) is 1. The molecule has 0 saturated heterocycles. The molecule has 1 nitrogen and oxygen atoms in total. The van der Waals surface area contributed by atoms with E-state index in [2.05, 4.69) is 0 Å². The molecule has 1 unspecified atom stereocenters. The topological polar surface area (TPSA) is 26.0 Å². The molecule has 12 heavy (non-hydrogen) atoms. The van der Waals surface area contributed by atoms with Crippen molar-refractivity contribution < 1.29 is 8.78 Å². The molecule has 0 fully saturated rings. The van der Waals surface area contributed by atoms with Crippen LogP contribution in [0.25, 0.3) is 0 Å². The van der Waals surface area contributed by atoms with Gasteiger partial charge in [-0.25, -0.2) is 8.78 Å². The third-order valence-corrected chi connectivity index (χ3v) is 1.77. The summed E-state index contributed by atoms with van der Waals surface area (Å²) < 4.78 is 25.9. The van der Waals surface area contributed by atoms with E-state index in [0.29, 0.717) is 5.56 Å². The molecular formula is C9H11F2N. The molecule has 0 aliphatic rings. The number of aryl methyl sites for hydroxylation is 1. The third-order valence-electron chi connectivity index (χ3n) is 1.77. The first-order chi connectivity index (χ1) is 5.52. The second-order valence-electron chi connectivity index (χ2n) is 2.91. The van der Waals surface area contributed by atoms with E-state index in [9.17, 15) is 8.78 Å². The average molecular weight is 171 g/mol. The van der Waals surface area contributed by atoms with Crippen LogP contribution < -0.4 is 5.73 Å². The number of rotatable bonds is 1. The van der Waals surface area contributed by atoms with E-state index in [0.717, 1.165) is 12.1 Å². The molecule has 2 N–H and O–H groups in total. The summed E-state index contributed by atoms with van der Waals surface area (Å²) in [6.07, 6.45) is 0. The molecule has 1 atom stereocenters. The zero-order chi connectivity index (χ0) is 9.30. The van der Waals surface area contributed by atoms with Gasteiger partial charge in [0.1, 0.15) is 11.6 Å². The Morgan fingerprint density at radius 2 is 1.83 bits per heavy atom. The lowest BCUT2D eigenvalue weighted by molar-refractivity contribution is 0.566. The van der Waals surface area contributed by atoms with Crippen LogP contribution in [0.5, 0.6) is 0 Å². The van der Waals surface area contributed by atoms with E-state index in [1.165, 1.54) is 6.92 Å². The summed E-state index contributed by atoms with van der Waals surface area (Å²) in [5.74, 6) is -0.854. The minimum absolute atomic E-state index is 0.220. The molecule has 1 rings (SSSR count). The largest absolute Gasteiger partial charge is 0.324 e. The van der Waals surface area contributed by atoms with E-state index in [4.69, 9.17) is 5.73 Å². The molecule has 1 aromatic rings. The molecule has 0 heterocycles. The summed E-state index contributed by atoms with van der Waals surface area (Å²) in [6.45, 7) is 3.14. The summed E-state index contributed by atoms with van der Waals surface area (Å²) in [7, 11) is 0. The summed E-state index contributed by atoms with van der Waals surface area (Å²) >= 11 is 0. The lowest BCUT2D eigenvalue weighted by Crippen LogP contribution is -2.08. The van der Waals surface area contributed by atoms with Crippen LogP contribution in [0.2, 0.25) is 0 Å². The van der Waals surface area contributed by atoms with Crippen LogP contribution in [-0.2, 0) is 0 Å². The minimum atomic E-state index is -0.472. The van der Waals surface area contributed by atoms with E-state index < -0.39 is 17.7 Å². The first-order valence-corrected chi connectivity index (χ1v) is 3.73. The Hall–Kier alpha value is -0.960. The van der Waals surface area contributed by atoms with Crippen LogP contribution in [0, 0.1) is 18.6 Å². The zero-order valence-corrected chi connectivity index (χ0v) is 7.07. The van der Waals surface area contributed by atoms with Crippen molar-refractivity contribution in [3.8, 4) is 0 Å². The van der Waals surface area contributed by atoms with E-state index >= 15 is 0 Å². The van der Waals surface area contributed by atoms with Gasteiger partial charge in [-0.2, -0.15) is 0 Å². The fraction of sp³-hybridized carbons (Fsp3) is 0.333. The van der Waals surface area contributed by atoms with Crippen LogP contribution in [0.15, 0.2) is 12.1 Å². The SMILES string of the molecule is Cc1cc(F)c(C(C)N)cc1F. The number of halogens is 2. The molecular weight excluding hydrogens is 160 g/mol. The Morgan fingerprint density at radius 1 is 1.25 bits per heavy atom. The summed E-state index contributed by atoms with van der Waals surface area (Å²) in [4.78, 5) is 0. The molecule has 0 aliphatic heterocycles. The standard InChI is InChI=1S/C9H11F2N/c1-5-3-9(11)7(6(2)12)4-8(5)10/h3-4,6H,12H2,1-2H3. The van der Waals surface area contributed by atoms with Gasteiger partial charge in [-0.15, -0.1) is 0 Å². The van der Waals surface area contributed by atoms with Crippen LogP contribution in [0.4, 0.5) is 8.78 Å². The highest BCUT2D eigenvalue weighted by Gasteiger charge is 2.09. The Labute approximate surface area is 70.2 Å². The van der Waals surface area contributed by atoms with Gasteiger partial charge in [0, 0.05) is 11.6 Å². The van der Waals surface area contributed by atoms with Crippen molar-refractivity contribution >= 4 is 0 Å². The first kappa shape index (κ1) is 9.13. The van der Waals surface area contributed by atoms with Crippen molar-refractivity contribution in [2.75, 3.05) is 0 Å². The van der Waals surface area contributed by atoms with Crippen molar-refractivity contribution in [3.05, 3.63) is 34.9 Å². The van der Waals surface area contributed by atoms with E-state index in [-0.39, 0.29) is 5.56 Å². The fourth-order valence-electron chi connectivity index (χ4n) is 1.01. The lowest BCUT2D eigenvalue weighted by atomic mass is 10.1. The molecule has 0 spiro atoms. The molecule has 0 saturated carbocycles. The normalized spacial score (nSPS) is 13.1. The van der Waals surface area contributed by atoms with Gasteiger partial charge >= 0.3 is 0 Å². The van der Waals surface area contributed by atoms with Gasteiger partial charge in [-0.1, -0.05) is 0 Å². The Kier molecular flexibility index (Phi) is 2.43. The highest BCUT2D eigenvalue weighted by Crippen LogP contribution is 2.18. The maximum atomic E-state index is 13.0. The smallest absolute Gasteiger partial charge is 0.128 e. The van der Waals surface area contributed by atoms with Crippen molar-refractivity contribution in [2.45, 2.75) is 19.9 Å². The summed E-state index contributed by atoms with van der Waals surface area (Å²) in [6, 6.07) is 1.84. The zero-order valence-electron chi connectivity index (χ0n) is 7.07. The van der Waals surface area contributed by atoms with Gasteiger partial charge in [0.05, 0.1) is 0 Å². The molecule has 0 bridgehead atoms. The molecule has 66 valence electrons. The lowest BCUT2D eigenvalue weighted by Gasteiger charge is -2.08. The quantitative estimate of drug-likeness (QED) is 0.689. The van der Waals surface area contributed by atoms with Gasteiger partial charge in [-0.05, 0) is 31.5 Å². The second kappa shape index (κ2) is 3.19. The van der Waals surface area contributed by atoms with Gasteiger partial charge < -0.3 is 5.73 Å². The average Bonchev–Trinajstić information content (AvgIpc) is 1.96. The van der Waals surface area contributed by atoms with Gasteiger partial charge in [0.15, 0.2) is 0 Å². The van der Waals surface area contributed by atoms with Crippen molar-refractivity contribution in [1.29, 1.82) is 0 Å². The van der Waals surface area contributed by atoms with Crippen LogP contribution in [-0.4, -0.2) is 0 Å². The molecule has 0 aromatic heterocycles. The van der Waals surface area contributed by atoms with Crippen molar-refractivity contribution in [3.63, 3.8) is 0 Å². The summed E-state index contributed by atoms with van der Waals surface area (Å²) in [5, 5.41) is 0. The molecule has 1 aromatic carbocycles. The van der Waals surface area contributed by atoms with Crippen LogP contribution >= 0.6 is 0 Å². The van der Waals surface area contributed by atoms with E-state index in [1.54, 1.807) is 6.92 Å². The number of benzene rings is 1. The third kappa shape index (κ3) is 1.61. The predicted molar refractivity (Wildman–Crippen MR) is 43.7 cm³/mol. The van der Waals surface area contributed by atoms with Crippen molar-refractivity contribution in [2.24, 2.45) is 5.73 Å². The number of nitrogens with two attached hydrogens (primary N) is 1. The number of hydrogen-bond donors (Lipinski definition) is 1. The Bertz CT molecular complexity index is 295. The highest BCUT2D eigenvalue weighted by molar-refractivity contribution is 5.26. The predicted octanol–water partition coefficient (Wildman–Crippen LogP) is 2.29. The van der Waals surface area contributed by atoms with E-state index in [1.807, 2.05) is 0 Å². The highest BCUT2D eigenvalue weighted by atomic mass is 19.1. The monoisotopic (exact) mass is 171 g/mol. The fourth-order valence-corrected chi connectivity index (χ4v) is 1.01. The maximum Gasteiger partial charge on any atom is 0.128 e. The maximum absolute atomic E-state index is 13.0.